The van der Waals surface area contributed by atoms with E-state index in [1.165, 1.54) is 6.42 Å². The van der Waals surface area contributed by atoms with Crippen molar-refractivity contribution >= 4 is 0 Å². The maximum atomic E-state index is 5.97. The molecule has 1 aromatic rings. The highest BCUT2D eigenvalue weighted by atomic mass is 15.2. The van der Waals surface area contributed by atoms with Crippen LogP contribution in [0.4, 0.5) is 0 Å². The zero-order valence-corrected chi connectivity index (χ0v) is 7.93. The summed E-state index contributed by atoms with van der Waals surface area (Å²) in [5.41, 5.74) is 5.97. The summed E-state index contributed by atoms with van der Waals surface area (Å²) in [6.07, 6.45) is 6.98. The van der Waals surface area contributed by atoms with Crippen LogP contribution in [-0.4, -0.2) is 20.8 Å². The summed E-state index contributed by atoms with van der Waals surface area (Å²) in [6, 6.07) is 0.852. The third-order valence-electron chi connectivity index (χ3n) is 2.81. The van der Waals surface area contributed by atoms with Gasteiger partial charge in [-0.25, -0.2) is 0 Å². The molecular formula is C9H16N4. The molecule has 13 heavy (non-hydrogen) atoms. The van der Waals surface area contributed by atoms with Crippen molar-refractivity contribution in [1.82, 2.24) is 14.8 Å². The van der Waals surface area contributed by atoms with E-state index in [0.29, 0.717) is 12.1 Å². The van der Waals surface area contributed by atoms with Gasteiger partial charge in [0, 0.05) is 12.1 Å². The molecule has 2 N–H and O–H groups in total. The van der Waals surface area contributed by atoms with Gasteiger partial charge < -0.3 is 10.3 Å². The van der Waals surface area contributed by atoms with Gasteiger partial charge in [0.25, 0.3) is 0 Å². The number of hydrogen-bond donors (Lipinski definition) is 1. The minimum Gasteiger partial charge on any atom is -0.328 e. The summed E-state index contributed by atoms with van der Waals surface area (Å²) >= 11 is 0. The minimum absolute atomic E-state index is 0.344. The molecule has 0 aliphatic heterocycles. The van der Waals surface area contributed by atoms with Crippen LogP contribution in [0.3, 0.4) is 0 Å². The van der Waals surface area contributed by atoms with Crippen molar-refractivity contribution in [2.45, 2.75) is 38.3 Å². The minimum atomic E-state index is 0.344. The molecule has 1 fully saturated rings. The predicted molar refractivity (Wildman–Crippen MR) is 50.0 cm³/mol. The fraction of sp³-hybridized carbons (Fsp3) is 0.778. The summed E-state index contributed by atoms with van der Waals surface area (Å²) in [4.78, 5) is 0. The molecule has 1 saturated carbocycles. The first-order valence-electron chi connectivity index (χ1n) is 4.85. The third kappa shape index (κ3) is 1.88. The molecule has 1 unspecified atom stereocenters. The summed E-state index contributed by atoms with van der Waals surface area (Å²) in [5.74, 6) is 0.719. The monoisotopic (exact) mass is 180 g/mol. The normalized spacial score (nSPS) is 34.8. The van der Waals surface area contributed by atoms with Crippen LogP contribution in [0.2, 0.25) is 0 Å². The molecule has 1 heterocycles. The molecule has 1 aliphatic carbocycles. The van der Waals surface area contributed by atoms with E-state index in [1.54, 1.807) is 12.7 Å². The molecule has 1 aromatic heterocycles. The lowest BCUT2D eigenvalue weighted by molar-refractivity contribution is 0.254. The fourth-order valence-corrected chi connectivity index (χ4v) is 2.26. The first-order valence-corrected chi connectivity index (χ1v) is 4.85. The highest BCUT2D eigenvalue weighted by Gasteiger charge is 2.25. The van der Waals surface area contributed by atoms with Crippen LogP contribution in [0.25, 0.3) is 0 Å². The van der Waals surface area contributed by atoms with Crippen LogP contribution >= 0.6 is 0 Å². The molecule has 0 saturated heterocycles. The van der Waals surface area contributed by atoms with Gasteiger partial charge in [0.05, 0.1) is 0 Å². The lowest BCUT2D eigenvalue weighted by atomic mass is 9.84. The van der Waals surface area contributed by atoms with Crippen molar-refractivity contribution in [3.8, 4) is 0 Å². The number of nitrogens with zero attached hydrogens (tertiary/aromatic N) is 3. The van der Waals surface area contributed by atoms with Crippen LogP contribution in [-0.2, 0) is 0 Å². The molecule has 0 bridgehead atoms. The zero-order valence-electron chi connectivity index (χ0n) is 7.93. The van der Waals surface area contributed by atoms with Gasteiger partial charge in [-0.3, -0.25) is 0 Å². The lowest BCUT2D eigenvalue weighted by Gasteiger charge is -2.31. The van der Waals surface area contributed by atoms with Gasteiger partial charge in [-0.15, -0.1) is 10.2 Å². The Morgan fingerprint density at radius 3 is 2.54 bits per heavy atom. The van der Waals surface area contributed by atoms with E-state index >= 15 is 0 Å². The van der Waals surface area contributed by atoms with E-state index in [-0.39, 0.29) is 0 Å². The average Bonchev–Trinajstić information content (AvgIpc) is 2.53. The van der Waals surface area contributed by atoms with Crippen molar-refractivity contribution in [2.24, 2.45) is 11.7 Å². The first kappa shape index (κ1) is 8.69. The van der Waals surface area contributed by atoms with Crippen molar-refractivity contribution in [3.05, 3.63) is 12.7 Å². The average molecular weight is 180 g/mol. The smallest absolute Gasteiger partial charge is 0.119 e. The summed E-state index contributed by atoms with van der Waals surface area (Å²) in [7, 11) is 0. The Morgan fingerprint density at radius 2 is 1.92 bits per heavy atom. The van der Waals surface area contributed by atoms with E-state index in [4.69, 9.17) is 5.73 Å². The highest BCUT2D eigenvalue weighted by Crippen LogP contribution is 2.30. The molecule has 72 valence electrons. The molecule has 4 heteroatoms. The molecule has 0 amide bonds. The van der Waals surface area contributed by atoms with Gasteiger partial charge in [-0.2, -0.15) is 0 Å². The maximum absolute atomic E-state index is 5.97. The van der Waals surface area contributed by atoms with Gasteiger partial charge in [0.1, 0.15) is 12.7 Å². The van der Waals surface area contributed by atoms with E-state index in [2.05, 4.69) is 21.7 Å². The van der Waals surface area contributed by atoms with E-state index in [9.17, 15) is 0 Å². The van der Waals surface area contributed by atoms with Crippen LogP contribution in [0.1, 0.15) is 32.2 Å². The highest BCUT2D eigenvalue weighted by molar-refractivity contribution is 4.84. The van der Waals surface area contributed by atoms with Gasteiger partial charge >= 0.3 is 0 Å². The van der Waals surface area contributed by atoms with Crippen molar-refractivity contribution in [3.63, 3.8) is 0 Å². The SMILES string of the molecule is CC1C[C@H](N)C[C@H](n2cnnc2)C1. The van der Waals surface area contributed by atoms with E-state index in [1.807, 2.05) is 0 Å². The molecule has 0 radical (unpaired) electrons. The Morgan fingerprint density at radius 1 is 1.23 bits per heavy atom. The third-order valence-corrected chi connectivity index (χ3v) is 2.81. The maximum Gasteiger partial charge on any atom is 0.119 e. The Hall–Kier alpha value is -0.900. The Balaban J connectivity index is 2.07. The summed E-state index contributed by atoms with van der Waals surface area (Å²) < 4.78 is 2.08. The van der Waals surface area contributed by atoms with E-state index in [0.717, 1.165) is 18.8 Å². The molecular weight excluding hydrogens is 164 g/mol. The lowest BCUT2D eigenvalue weighted by Crippen LogP contribution is -2.32. The first-order chi connectivity index (χ1) is 6.25. The van der Waals surface area contributed by atoms with Crippen LogP contribution in [0, 0.1) is 5.92 Å². The van der Waals surface area contributed by atoms with Gasteiger partial charge in [0.2, 0.25) is 0 Å². The molecule has 1 aliphatic rings. The van der Waals surface area contributed by atoms with Crippen LogP contribution in [0.15, 0.2) is 12.7 Å². The predicted octanol–water partition coefficient (Wildman–Crippen LogP) is 0.967. The Labute approximate surface area is 78.1 Å². The van der Waals surface area contributed by atoms with E-state index < -0.39 is 0 Å². The second-order valence-electron chi connectivity index (χ2n) is 4.14. The van der Waals surface area contributed by atoms with Crippen molar-refractivity contribution < 1.29 is 0 Å². The Kier molecular flexibility index (Phi) is 2.31. The standard InChI is InChI=1S/C9H16N4/c1-7-2-8(10)4-9(3-7)13-5-11-12-6-13/h5-9H,2-4,10H2,1H3/t7?,8-,9+/m0/s1. The number of aromatic nitrogens is 3. The van der Waals surface area contributed by atoms with Crippen LogP contribution in [0.5, 0.6) is 0 Å². The van der Waals surface area contributed by atoms with Crippen molar-refractivity contribution in [1.29, 1.82) is 0 Å². The molecule has 4 nitrogen and oxygen atoms in total. The number of nitrogens with two attached hydrogens (primary N) is 1. The molecule has 0 aromatic carbocycles. The summed E-state index contributed by atoms with van der Waals surface area (Å²) in [6.45, 7) is 2.26. The fourth-order valence-electron chi connectivity index (χ4n) is 2.26. The molecule has 2 rings (SSSR count). The summed E-state index contributed by atoms with van der Waals surface area (Å²) in [5, 5.41) is 7.64. The second-order valence-corrected chi connectivity index (χ2v) is 4.14. The number of rotatable bonds is 1. The topological polar surface area (TPSA) is 56.7 Å². The van der Waals surface area contributed by atoms with Gasteiger partial charge in [-0.05, 0) is 25.2 Å². The second kappa shape index (κ2) is 3.46. The van der Waals surface area contributed by atoms with Crippen LogP contribution < -0.4 is 5.73 Å². The van der Waals surface area contributed by atoms with Crippen molar-refractivity contribution in [2.75, 3.05) is 0 Å². The quantitative estimate of drug-likeness (QED) is 0.700. The molecule has 0 spiro atoms. The zero-order chi connectivity index (χ0) is 9.26. The van der Waals surface area contributed by atoms with Gasteiger partial charge in [0.15, 0.2) is 0 Å². The molecule has 3 atom stereocenters. The number of hydrogen-bond acceptors (Lipinski definition) is 3. The van der Waals surface area contributed by atoms with Gasteiger partial charge in [-0.1, -0.05) is 6.92 Å². The largest absolute Gasteiger partial charge is 0.328 e. The Bertz CT molecular complexity index is 247.